The van der Waals surface area contributed by atoms with Crippen molar-refractivity contribution in [2.75, 3.05) is 6.61 Å². The second-order valence-electron chi connectivity index (χ2n) is 10.6. The predicted octanol–water partition coefficient (Wildman–Crippen LogP) is 4.68. The van der Waals surface area contributed by atoms with Crippen molar-refractivity contribution in [2.45, 2.75) is 62.1 Å². The molecule has 0 bridgehead atoms. The van der Waals surface area contributed by atoms with E-state index in [-0.39, 0.29) is 36.2 Å². The van der Waals surface area contributed by atoms with Crippen molar-refractivity contribution in [1.29, 1.82) is 0 Å². The number of sulfonamides is 1. The maximum Gasteiger partial charge on any atom is 0.238 e. The second-order valence-corrected chi connectivity index (χ2v) is 12.2. The van der Waals surface area contributed by atoms with Crippen molar-refractivity contribution >= 4 is 10.0 Å². The summed E-state index contributed by atoms with van der Waals surface area (Å²) in [6.45, 7) is 4.07. The molecule has 0 spiro atoms. The van der Waals surface area contributed by atoms with Gasteiger partial charge in [0.05, 0.1) is 35.9 Å². The number of ether oxygens (including phenoxy) is 2. The van der Waals surface area contributed by atoms with E-state index < -0.39 is 21.7 Å². The molecule has 3 aromatic carbocycles. The van der Waals surface area contributed by atoms with Gasteiger partial charge in [-0.05, 0) is 49.2 Å². The Labute approximate surface area is 239 Å². The summed E-state index contributed by atoms with van der Waals surface area (Å²) >= 11 is 0. The zero-order valence-electron chi connectivity index (χ0n) is 22.9. The molecule has 1 aliphatic heterocycles. The minimum Gasteiger partial charge on any atom is -0.437 e. The van der Waals surface area contributed by atoms with Crippen LogP contribution in [-0.4, -0.2) is 42.4 Å². The summed E-state index contributed by atoms with van der Waals surface area (Å²) in [6.07, 6.45) is -0.212. The van der Waals surface area contributed by atoms with Crippen molar-refractivity contribution in [3.63, 3.8) is 0 Å². The van der Waals surface area contributed by atoms with Crippen LogP contribution in [0.2, 0.25) is 0 Å². The highest BCUT2D eigenvalue weighted by Gasteiger charge is 2.38. The van der Waals surface area contributed by atoms with Crippen LogP contribution in [-0.2, 0) is 31.7 Å². The highest BCUT2D eigenvalue weighted by Crippen LogP contribution is 2.38. The summed E-state index contributed by atoms with van der Waals surface area (Å²) in [5.41, 5.74) is 2.56. The molecular weight excluding hydrogens is 544 g/mol. The van der Waals surface area contributed by atoms with E-state index in [0.717, 1.165) is 16.7 Å². The van der Waals surface area contributed by atoms with Gasteiger partial charge < -0.3 is 24.1 Å². The van der Waals surface area contributed by atoms with Crippen LogP contribution in [0.1, 0.15) is 49.8 Å². The fourth-order valence-corrected chi connectivity index (χ4v) is 5.85. The molecule has 0 radical (unpaired) electrons. The maximum absolute atomic E-state index is 11.7. The van der Waals surface area contributed by atoms with Gasteiger partial charge >= 0.3 is 0 Å². The maximum atomic E-state index is 11.7. The molecule has 2 heterocycles. The summed E-state index contributed by atoms with van der Waals surface area (Å²) in [6, 6.07) is 22.9. The van der Waals surface area contributed by atoms with Crippen molar-refractivity contribution in [3.05, 3.63) is 95.9 Å². The van der Waals surface area contributed by atoms with Crippen LogP contribution in [0.3, 0.4) is 0 Å². The van der Waals surface area contributed by atoms with Crippen LogP contribution < -0.4 is 5.14 Å². The standard InChI is InChI=1S/C31H34N2O7S/c1-20-16-31(35,17-21(2)39-20)25-10-6-7-22(15-25)18-38-19-27(34)30-33-28(23-8-4-3-5-9-23)29(40-30)24-11-13-26(14-12-24)41(32,36)37/h3-15,20-21,27,34-35H,16-19H2,1-2H3,(H2,32,36,37). The van der Waals surface area contributed by atoms with Crippen molar-refractivity contribution in [1.82, 2.24) is 4.98 Å². The minimum atomic E-state index is -3.85. The Morgan fingerprint density at radius 3 is 2.34 bits per heavy atom. The van der Waals surface area contributed by atoms with Crippen LogP contribution in [0.4, 0.5) is 0 Å². The summed E-state index contributed by atoms with van der Waals surface area (Å²) in [4.78, 5) is 4.55. The fourth-order valence-electron chi connectivity index (χ4n) is 5.34. The SMILES string of the molecule is CC1CC(O)(c2cccc(COCC(O)c3nc(-c4ccccc4)c(-c4ccc(S(N)(=O)=O)cc4)o3)c2)CC(C)O1. The average molecular weight is 579 g/mol. The lowest BCUT2D eigenvalue weighted by Crippen LogP contribution is -2.41. The number of benzene rings is 3. The lowest BCUT2D eigenvalue weighted by molar-refractivity contribution is -0.135. The van der Waals surface area contributed by atoms with E-state index in [2.05, 4.69) is 4.98 Å². The van der Waals surface area contributed by atoms with E-state index >= 15 is 0 Å². The highest BCUT2D eigenvalue weighted by molar-refractivity contribution is 7.89. The first-order valence-electron chi connectivity index (χ1n) is 13.4. The molecular formula is C31H34N2O7S. The van der Waals surface area contributed by atoms with Gasteiger partial charge in [-0.25, -0.2) is 18.5 Å². The third-order valence-corrected chi connectivity index (χ3v) is 8.07. The van der Waals surface area contributed by atoms with Gasteiger partial charge in [0.2, 0.25) is 15.9 Å². The lowest BCUT2D eigenvalue weighted by atomic mass is 9.81. The zero-order chi connectivity index (χ0) is 29.2. The number of oxazole rings is 1. The summed E-state index contributed by atoms with van der Waals surface area (Å²) in [5, 5.41) is 27.5. The molecule has 10 heteroatoms. The number of rotatable bonds is 9. The van der Waals surface area contributed by atoms with Gasteiger partial charge in [-0.3, -0.25) is 0 Å². The zero-order valence-corrected chi connectivity index (χ0v) is 23.8. The van der Waals surface area contributed by atoms with Crippen LogP contribution in [0, 0.1) is 0 Å². The highest BCUT2D eigenvalue weighted by atomic mass is 32.2. The first kappa shape index (κ1) is 29.1. The van der Waals surface area contributed by atoms with Gasteiger partial charge in [-0.1, -0.05) is 54.6 Å². The van der Waals surface area contributed by atoms with Crippen LogP contribution in [0.5, 0.6) is 0 Å². The first-order chi connectivity index (χ1) is 19.5. The Hall–Kier alpha value is -3.38. The largest absolute Gasteiger partial charge is 0.437 e. The Bertz CT molecular complexity index is 1580. The predicted molar refractivity (Wildman–Crippen MR) is 153 cm³/mol. The summed E-state index contributed by atoms with van der Waals surface area (Å²) in [5.74, 6) is 0.453. The van der Waals surface area contributed by atoms with E-state index in [0.29, 0.717) is 29.9 Å². The summed E-state index contributed by atoms with van der Waals surface area (Å²) < 4.78 is 41.0. The fraction of sp³-hybridized carbons (Fsp3) is 0.323. The molecule has 0 saturated carbocycles. The summed E-state index contributed by atoms with van der Waals surface area (Å²) in [7, 11) is -3.85. The molecule has 4 N–H and O–H groups in total. The Morgan fingerprint density at radius 2 is 1.68 bits per heavy atom. The van der Waals surface area contributed by atoms with Crippen LogP contribution >= 0.6 is 0 Å². The third-order valence-electron chi connectivity index (χ3n) is 7.14. The molecule has 1 aromatic heterocycles. The smallest absolute Gasteiger partial charge is 0.238 e. The average Bonchev–Trinajstić information content (AvgIpc) is 3.38. The van der Waals surface area contributed by atoms with Crippen LogP contribution in [0.15, 0.2) is 88.2 Å². The van der Waals surface area contributed by atoms with E-state index in [1.807, 2.05) is 68.4 Å². The second kappa shape index (κ2) is 11.8. The van der Waals surface area contributed by atoms with Crippen LogP contribution in [0.25, 0.3) is 22.6 Å². The molecule has 1 saturated heterocycles. The molecule has 1 fully saturated rings. The van der Waals surface area contributed by atoms with E-state index in [9.17, 15) is 18.6 Å². The number of nitrogens with two attached hydrogens (primary N) is 1. The molecule has 9 nitrogen and oxygen atoms in total. The lowest BCUT2D eigenvalue weighted by Gasteiger charge is -2.39. The minimum absolute atomic E-state index is 0.0206. The first-order valence-corrected chi connectivity index (χ1v) is 15.0. The van der Waals surface area contributed by atoms with Gasteiger partial charge in [0, 0.05) is 24.0 Å². The van der Waals surface area contributed by atoms with E-state index in [1.54, 1.807) is 12.1 Å². The molecule has 41 heavy (non-hydrogen) atoms. The molecule has 5 rings (SSSR count). The Balaban J connectivity index is 1.32. The number of hydrogen-bond donors (Lipinski definition) is 3. The van der Waals surface area contributed by atoms with E-state index in [1.165, 1.54) is 12.1 Å². The van der Waals surface area contributed by atoms with Crippen molar-refractivity contribution in [3.8, 4) is 22.6 Å². The van der Waals surface area contributed by atoms with Gasteiger partial charge in [0.25, 0.3) is 0 Å². The van der Waals surface area contributed by atoms with Gasteiger partial charge in [-0.2, -0.15) is 0 Å². The molecule has 3 unspecified atom stereocenters. The van der Waals surface area contributed by atoms with Gasteiger partial charge in [0.15, 0.2) is 11.9 Å². The number of aliphatic hydroxyl groups is 2. The van der Waals surface area contributed by atoms with E-state index in [4.69, 9.17) is 19.0 Å². The van der Waals surface area contributed by atoms with Gasteiger partial charge in [-0.15, -0.1) is 0 Å². The topological polar surface area (TPSA) is 145 Å². The number of hydrogen-bond acceptors (Lipinski definition) is 8. The Kier molecular flexibility index (Phi) is 8.42. The number of primary sulfonamides is 1. The van der Waals surface area contributed by atoms with Crippen molar-refractivity contribution < 1.29 is 32.5 Å². The van der Waals surface area contributed by atoms with Gasteiger partial charge in [0.1, 0.15) is 5.69 Å². The molecule has 0 amide bonds. The molecule has 4 aromatic rings. The monoisotopic (exact) mass is 578 g/mol. The number of aliphatic hydroxyl groups excluding tert-OH is 1. The Morgan fingerprint density at radius 1 is 1.00 bits per heavy atom. The number of nitrogens with zero attached hydrogens (tertiary/aromatic N) is 1. The normalized spacial score (nSPS) is 22.0. The third kappa shape index (κ3) is 6.75. The number of aromatic nitrogens is 1. The van der Waals surface area contributed by atoms with Crippen molar-refractivity contribution in [2.24, 2.45) is 5.14 Å². The quantitative estimate of drug-likeness (QED) is 0.260. The molecule has 216 valence electrons. The molecule has 1 aliphatic rings. The molecule has 0 aliphatic carbocycles. The molecule has 3 atom stereocenters.